The molecule has 1 atom stereocenters. The number of benzene rings is 1. The molecule has 0 spiro atoms. The Labute approximate surface area is 118 Å². The van der Waals surface area contributed by atoms with Crippen LogP contribution < -0.4 is 5.32 Å². The van der Waals surface area contributed by atoms with E-state index in [0.717, 1.165) is 6.42 Å². The van der Waals surface area contributed by atoms with Crippen LogP contribution in [0.3, 0.4) is 0 Å². The van der Waals surface area contributed by atoms with Crippen molar-refractivity contribution in [3.8, 4) is 5.75 Å². The number of para-hydroxylation sites is 1. The Morgan fingerprint density at radius 3 is 2.70 bits per heavy atom. The summed E-state index contributed by atoms with van der Waals surface area (Å²) in [4.78, 5) is 11.7. The monoisotopic (exact) mass is 298 g/mol. The van der Waals surface area contributed by atoms with E-state index in [0.29, 0.717) is 12.8 Å². The van der Waals surface area contributed by atoms with Crippen molar-refractivity contribution in [2.24, 2.45) is 0 Å². The number of likely N-dealkylation sites (N-methyl/N-ethyl adjacent to an activating group) is 1. The van der Waals surface area contributed by atoms with Crippen molar-refractivity contribution in [3.63, 3.8) is 0 Å². The van der Waals surface area contributed by atoms with Gasteiger partial charge in [0.1, 0.15) is 16.7 Å². The van der Waals surface area contributed by atoms with Gasteiger partial charge in [0.25, 0.3) is 0 Å². The summed E-state index contributed by atoms with van der Waals surface area (Å²) in [6.07, 6.45) is 2.01. The summed E-state index contributed by atoms with van der Waals surface area (Å²) in [5.74, 6) is -0.613. The van der Waals surface area contributed by atoms with Crippen LogP contribution >= 0.6 is 0 Å². The average molecular weight is 298 g/mol. The largest absolute Gasteiger partial charge is 0.507 e. The number of nitrogens with one attached hydrogen (secondary N) is 1. The Balaban J connectivity index is 2.41. The molecule has 20 heavy (non-hydrogen) atoms. The number of hydrogen-bond acceptors (Lipinski definition) is 4. The van der Waals surface area contributed by atoms with Crippen molar-refractivity contribution in [2.45, 2.75) is 30.2 Å². The first-order valence-corrected chi connectivity index (χ1v) is 7.94. The molecule has 1 amide bonds. The van der Waals surface area contributed by atoms with Crippen molar-refractivity contribution in [3.05, 3.63) is 24.3 Å². The molecule has 1 heterocycles. The molecule has 1 aromatic rings. The van der Waals surface area contributed by atoms with Gasteiger partial charge in [-0.2, -0.15) is 4.31 Å². The second-order valence-corrected chi connectivity index (χ2v) is 6.57. The highest BCUT2D eigenvalue weighted by molar-refractivity contribution is 7.89. The molecular formula is C13H18N2O4S. The fourth-order valence-electron chi connectivity index (χ4n) is 2.42. The van der Waals surface area contributed by atoms with Gasteiger partial charge < -0.3 is 10.4 Å². The second-order valence-electron chi connectivity index (χ2n) is 4.71. The molecule has 0 aromatic heterocycles. The van der Waals surface area contributed by atoms with Gasteiger partial charge in [-0.3, -0.25) is 4.79 Å². The minimum atomic E-state index is -3.87. The van der Waals surface area contributed by atoms with Crippen LogP contribution in [-0.2, 0) is 14.8 Å². The predicted octanol–water partition coefficient (Wildman–Crippen LogP) is 0.681. The first kappa shape index (κ1) is 14.8. The number of rotatable bonds is 3. The molecule has 6 nitrogen and oxygen atoms in total. The first-order valence-electron chi connectivity index (χ1n) is 6.50. The van der Waals surface area contributed by atoms with E-state index in [1.807, 2.05) is 0 Å². The van der Waals surface area contributed by atoms with E-state index in [1.165, 1.54) is 23.5 Å². The van der Waals surface area contributed by atoms with Gasteiger partial charge in [-0.25, -0.2) is 8.42 Å². The Morgan fingerprint density at radius 1 is 1.35 bits per heavy atom. The number of carbonyl (C=O) groups excluding carboxylic acids is 1. The van der Waals surface area contributed by atoms with E-state index in [1.54, 1.807) is 12.1 Å². The Hall–Kier alpha value is -1.60. The van der Waals surface area contributed by atoms with Gasteiger partial charge in [0.15, 0.2) is 0 Å². The number of piperidine rings is 1. The van der Waals surface area contributed by atoms with Gasteiger partial charge in [0.05, 0.1) is 0 Å². The molecule has 0 aliphatic carbocycles. The van der Waals surface area contributed by atoms with Gasteiger partial charge in [-0.05, 0) is 25.0 Å². The summed E-state index contributed by atoms with van der Waals surface area (Å²) in [5.41, 5.74) is 0. The summed E-state index contributed by atoms with van der Waals surface area (Å²) in [6, 6.07) is 5.07. The van der Waals surface area contributed by atoms with Crippen molar-refractivity contribution in [1.82, 2.24) is 9.62 Å². The van der Waals surface area contributed by atoms with E-state index in [9.17, 15) is 18.3 Å². The Kier molecular flexibility index (Phi) is 4.29. The van der Waals surface area contributed by atoms with Crippen molar-refractivity contribution in [2.75, 3.05) is 13.6 Å². The highest BCUT2D eigenvalue weighted by Gasteiger charge is 2.38. The lowest BCUT2D eigenvalue weighted by molar-refractivity contribution is -0.125. The highest BCUT2D eigenvalue weighted by Crippen LogP contribution is 2.30. The predicted molar refractivity (Wildman–Crippen MR) is 73.7 cm³/mol. The van der Waals surface area contributed by atoms with Crippen LogP contribution in [0, 0.1) is 0 Å². The molecule has 2 N–H and O–H groups in total. The van der Waals surface area contributed by atoms with Crippen LogP contribution in [0.1, 0.15) is 19.3 Å². The lowest BCUT2D eigenvalue weighted by Gasteiger charge is -2.33. The molecule has 2 rings (SSSR count). The first-order chi connectivity index (χ1) is 9.48. The number of hydrogen-bond donors (Lipinski definition) is 2. The van der Waals surface area contributed by atoms with E-state index in [-0.39, 0.29) is 23.1 Å². The van der Waals surface area contributed by atoms with Crippen LogP contribution in [0.15, 0.2) is 29.2 Å². The standard InChI is InChI=1S/C13H18N2O4S/c1-14-13(17)10-6-4-5-9-15(10)20(18,19)12-8-3-2-7-11(12)16/h2-3,7-8,10,16H,4-6,9H2,1H3,(H,14,17). The summed E-state index contributed by atoms with van der Waals surface area (Å²) in [5, 5.41) is 12.2. The lowest BCUT2D eigenvalue weighted by Crippen LogP contribution is -2.51. The fraction of sp³-hybridized carbons (Fsp3) is 0.462. The van der Waals surface area contributed by atoms with Crippen LogP contribution in [-0.4, -0.2) is 43.4 Å². The molecule has 0 radical (unpaired) electrons. The SMILES string of the molecule is CNC(=O)C1CCCCN1S(=O)(=O)c1ccccc1O. The summed E-state index contributed by atoms with van der Waals surface area (Å²) in [7, 11) is -2.39. The molecule has 1 aliphatic rings. The number of nitrogens with zero attached hydrogens (tertiary/aromatic N) is 1. The molecule has 1 unspecified atom stereocenters. The Morgan fingerprint density at radius 2 is 2.05 bits per heavy atom. The van der Waals surface area contributed by atoms with Gasteiger partial charge in [-0.15, -0.1) is 0 Å². The minimum absolute atomic E-state index is 0.157. The third-order valence-corrected chi connectivity index (χ3v) is 5.41. The number of amides is 1. The van der Waals surface area contributed by atoms with Gasteiger partial charge in [-0.1, -0.05) is 18.6 Å². The maximum atomic E-state index is 12.6. The van der Waals surface area contributed by atoms with E-state index in [2.05, 4.69) is 5.32 Å². The maximum absolute atomic E-state index is 12.6. The molecule has 7 heteroatoms. The average Bonchev–Trinajstić information content (AvgIpc) is 2.46. The quantitative estimate of drug-likeness (QED) is 0.859. The third kappa shape index (κ3) is 2.64. The van der Waals surface area contributed by atoms with Gasteiger partial charge in [0.2, 0.25) is 15.9 Å². The highest BCUT2D eigenvalue weighted by atomic mass is 32.2. The number of sulfonamides is 1. The van der Waals surface area contributed by atoms with Gasteiger partial charge >= 0.3 is 0 Å². The zero-order chi connectivity index (χ0) is 14.8. The van der Waals surface area contributed by atoms with Crippen molar-refractivity contribution < 1.29 is 18.3 Å². The maximum Gasteiger partial charge on any atom is 0.247 e. The third-order valence-electron chi connectivity index (χ3n) is 3.45. The van der Waals surface area contributed by atoms with E-state index >= 15 is 0 Å². The number of phenols is 1. The molecule has 1 saturated heterocycles. The van der Waals surface area contributed by atoms with Crippen LogP contribution in [0.2, 0.25) is 0 Å². The smallest absolute Gasteiger partial charge is 0.247 e. The molecule has 0 bridgehead atoms. The normalized spacial score (nSPS) is 20.6. The van der Waals surface area contributed by atoms with Crippen LogP contribution in [0.4, 0.5) is 0 Å². The number of aromatic hydroxyl groups is 1. The second kappa shape index (κ2) is 5.80. The molecule has 1 fully saturated rings. The Bertz CT molecular complexity index is 600. The van der Waals surface area contributed by atoms with Gasteiger partial charge in [0, 0.05) is 13.6 Å². The number of phenolic OH excluding ortho intramolecular Hbond substituents is 1. The minimum Gasteiger partial charge on any atom is -0.507 e. The summed E-state index contributed by atoms with van der Waals surface area (Å²) < 4.78 is 26.4. The van der Waals surface area contributed by atoms with Crippen LogP contribution in [0.25, 0.3) is 0 Å². The zero-order valence-electron chi connectivity index (χ0n) is 11.2. The zero-order valence-corrected chi connectivity index (χ0v) is 12.1. The van der Waals surface area contributed by atoms with Crippen molar-refractivity contribution >= 4 is 15.9 Å². The molecule has 1 aliphatic heterocycles. The molecule has 1 aromatic carbocycles. The lowest BCUT2D eigenvalue weighted by atomic mass is 10.0. The fourth-order valence-corrected chi connectivity index (χ4v) is 4.16. The van der Waals surface area contributed by atoms with Crippen LogP contribution in [0.5, 0.6) is 5.75 Å². The van der Waals surface area contributed by atoms with E-state index < -0.39 is 16.1 Å². The molecular weight excluding hydrogens is 280 g/mol. The van der Waals surface area contributed by atoms with Crippen molar-refractivity contribution in [1.29, 1.82) is 0 Å². The molecule has 0 saturated carbocycles. The number of carbonyl (C=O) groups is 1. The summed E-state index contributed by atoms with van der Waals surface area (Å²) >= 11 is 0. The molecule has 110 valence electrons. The summed E-state index contributed by atoms with van der Waals surface area (Å²) in [6.45, 7) is 0.286. The topological polar surface area (TPSA) is 86.7 Å². The van der Waals surface area contributed by atoms with E-state index in [4.69, 9.17) is 0 Å².